The Kier molecular flexibility index (Phi) is 5.65. The smallest absolute Gasteiger partial charge is 0.229 e. The Morgan fingerprint density at radius 3 is 2.41 bits per heavy atom. The Labute approximate surface area is 171 Å². The van der Waals surface area contributed by atoms with Crippen LogP contribution in [-0.4, -0.2) is 21.8 Å². The first-order chi connectivity index (χ1) is 14.0. The number of amides is 1. The number of hydrogen-bond donors (Lipinski definition) is 1. The van der Waals surface area contributed by atoms with Crippen molar-refractivity contribution in [3.8, 4) is 5.75 Å². The minimum absolute atomic E-state index is 0.0610. The normalized spacial score (nSPS) is 13.5. The SMILES string of the molecule is CC(C)c1ccc(CC(=O)Nc2ccn(Cc3ccc(OC4CC4)cc3)n2)cc1. The molecule has 0 unspecified atom stereocenters. The first-order valence-corrected chi connectivity index (χ1v) is 10.2. The molecule has 4 rings (SSSR count). The molecule has 150 valence electrons. The second-order valence-corrected chi connectivity index (χ2v) is 7.98. The first-order valence-electron chi connectivity index (χ1n) is 10.2. The van der Waals surface area contributed by atoms with Gasteiger partial charge in [-0.3, -0.25) is 9.48 Å². The fraction of sp³-hybridized carbons (Fsp3) is 0.333. The van der Waals surface area contributed by atoms with E-state index < -0.39 is 0 Å². The lowest BCUT2D eigenvalue weighted by Crippen LogP contribution is -2.15. The number of anilines is 1. The van der Waals surface area contributed by atoms with Gasteiger partial charge in [-0.15, -0.1) is 0 Å². The Bertz CT molecular complexity index is 955. The van der Waals surface area contributed by atoms with E-state index in [2.05, 4.69) is 48.5 Å². The summed E-state index contributed by atoms with van der Waals surface area (Å²) < 4.78 is 7.60. The minimum atomic E-state index is -0.0610. The zero-order valence-electron chi connectivity index (χ0n) is 17.0. The Hall–Kier alpha value is -3.08. The highest BCUT2D eigenvalue weighted by Gasteiger charge is 2.23. The van der Waals surface area contributed by atoms with Crippen LogP contribution in [0.5, 0.6) is 5.75 Å². The molecule has 1 aromatic heterocycles. The summed E-state index contributed by atoms with van der Waals surface area (Å²) in [5.41, 5.74) is 3.42. The molecule has 29 heavy (non-hydrogen) atoms. The van der Waals surface area contributed by atoms with E-state index in [9.17, 15) is 4.79 Å². The van der Waals surface area contributed by atoms with E-state index in [0.29, 0.717) is 30.8 Å². The van der Waals surface area contributed by atoms with E-state index in [1.165, 1.54) is 5.56 Å². The van der Waals surface area contributed by atoms with Crippen LogP contribution in [0.1, 0.15) is 49.3 Å². The van der Waals surface area contributed by atoms with Crippen LogP contribution in [0.2, 0.25) is 0 Å². The molecule has 2 aromatic carbocycles. The zero-order valence-corrected chi connectivity index (χ0v) is 17.0. The molecular weight excluding hydrogens is 362 g/mol. The highest BCUT2D eigenvalue weighted by Crippen LogP contribution is 2.26. The molecule has 1 fully saturated rings. The van der Waals surface area contributed by atoms with Crippen molar-refractivity contribution in [2.45, 2.75) is 51.7 Å². The van der Waals surface area contributed by atoms with Crippen LogP contribution in [0.4, 0.5) is 5.82 Å². The van der Waals surface area contributed by atoms with Crippen LogP contribution >= 0.6 is 0 Å². The number of hydrogen-bond acceptors (Lipinski definition) is 3. The van der Waals surface area contributed by atoms with Gasteiger partial charge in [0.1, 0.15) is 5.75 Å². The summed E-state index contributed by atoms with van der Waals surface area (Å²) in [6, 6.07) is 18.1. The van der Waals surface area contributed by atoms with Gasteiger partial charge in [0.25, 0.3) is 0 Å². The van der Waals surface area contributed by atoms with E-state index in [4.69, 9.17) is 4.74 Å². The van der Waals surface area contributed by atoms with Gasteiger partial charge in [0.15, 0.2) is 5.82 Å². The lowest BCUT2D eigenvalue weighted by Gasteiger charge is -2.07. The minimum Gasteiger partial charge on any atom is -0.490 e. The van der Waals surface area contributed by atoms with Crippen molar-refractivity contribution in [1.29, 1.82) is 0 Å². The third kappa shape index (κ3) is 5.47. The summed E-state index contributed by atoms with van der Waals surface area (Å²) >= 11 is 0. The predicted octanol–water partition coefficient (Wildman–Crippen LogP) is 4.78. The number of nitrogens with one attached hydrogen (secondary N) is 1. The number of carbonyl (C=O) groups excluding carboxylic acids is 1. The molecule has 0 radical (unpaired) electrons. The lowest BCUT2D eigenvalue weighted by molar-refractivity contribution is -0.115. The largest absolute Gasteiger partial charge is 0.490 e. The number of aromatic nitrogens is 2. The van der Waals surface area contributed by atoms with Gasteiger partial charge in [0, 0.05) is 12.3 Å². The van der Waals surface area contributed by atoms with Gasteiger partial charge >= 0.3 is 0 Å². The van der Waals surface area contributed by atoms with Gasteiger partial charge in [-0.25, -0.2) is 0 Å². The van der Waals surface area contributed by atoms with E-state index in [0.717, 1.165) is 29.7 Å². The average molecular weight is 389 g/mol. The van der Waals surface area contributed by atoms with Crippen LogP contribution in [-0.2, 0) is 17.8 Å². The Morgan fingerprint density at radius 1 is 1.07 bits per heavy atom. The molecule has 5 nitrogen and oxygen atoms in total. The van der Waals surface area contributed by atoms with Gasteiger partial charge in [0.2, 0.25) is 5.91 Å². The van der Waals surface area contributed by atoms with E-state index in [-0.39, 0.29) is 5.91 Å². The van der Waals surface area contributed by atoms with Crippen molar-refractivity contribution >= 4 is 11.7 Å². The summed E-state index contributed by atoms with van der Waals surface area (Å²) in [5.74, 6) is 1.92. The van der Waals surface area contributed by atoms with Gasteiger partial charge in [-0.1, -0.05) is 50.2 Å². The van der Waals surface area contributed by atoms with Crippen molar-refractivity contribution in [3.63, 3.8) is 0 Å². The summed E-state index contributed by atoms with van der Waals surface area (Å²) in [6.45, 7) is 4.97. The summed E-state index contributed by atoms with van der Waals surface area (Å²) in [6.07, 6.45) is 4.95. The number of carbonyl (C=O) groups is 1. The topological polar surface area (TPSA) is 56.2 Å². The highest BCUT2D eigenvalue weighted by molar-refractivity contribution is 5.91. The third-order valence-electron chi connectivity index (χ3n) is 5.01. The average Bonchev–Trinajstić information content (AvgIpc) is 3.41. The van der Waals surface area contributed by atoms with Gasteiger partial charge in [-0.2, -0.15) is 5.10 Å². The maximum atomic E-state index is 12.3. The van der Waals surface area contributed by atoms with Crippen molar-refractivity contribution in [3.05, 3.63) is 77.5 Å². The monoisotopic (exact) mass is 389 g/mol. The molecular formula is C24H27N3O2. The number of rotatable bonds is 8. The molecule has 1 saturated carbocycles. The lowest BCUT2D eigenvalue weighted by atomic mass is 10.0. The van der Waals surface area contributed by atoms with Crippen molar-refractivity contribution in [2.75, 3.05) is 5.32 Å². The fourth-order valence-corrected chi connectivity index (χ4v) is 3.15. The van der Waals surface area contributed by atoms with Crippen molar-refractivity contribution in [1.82, 2.24) is 9.78 Å². The van der Waals surface area contributed by atoms with Gasteiger partial charge in [0.05, 0.1) is 19.1 Å². The molecule has 1 heterocycles. The van der Waals surface area contributed by atoms with E-state index in [1.54, 1.807) is 0 Å². The van der Waals surface area contributed by atoms with Crippen LogP contribution < -0.4 is 10.1 Å². The molecule has 3 aromatic rings. The molecule has 1 aliphatic carbocycles. The molecule has 5 heteroatoms. The number of benzene rings is 2. The molecule has 0 spiro atoms. The zero-order chi connectivity index (χ0) is 20.2. The van der Waals surface area contributed by atoms with E-state index >= 15 is 0 Å². The van der Waals surface area contributed by atoms with Crippen molar-refractivity contribution in [2.24, 2.45) is 0 Å². The molecule has 0 aliphatic heterocycles. The van der Waals surface area contributed by atoms with Crippen molar-refractivity contribution < 1.29 is 9.53 Å². The number of nitrogens with zero attached hydrogens (tertiary/aromatic N) is 2. The van der Waals surface area contributed by atoms with Crippen LogP contribution in [0.15, 0.2) is 60.8 Å². The van der Waals surface area contributed by atoms with Crippen LogP contribution in [0.3, 0.4) is 0 Å². The maximum absolute atomic E-state index is 12.3. The quantitative estimate of drug-likeness (QED) is 0.603. The van der Waals surface area contributed by atoms with E-state index in [1.807, 2.05) is 41.2 Å². The highest BCUT2D eigenvalue weighted by atomic mass is 16.5. The number of ether oxygens (including phenoxy) is 1. The predicted molar refractivity (Wildman–Crippen MR) is 114 cm³/mol. The molecule has 0 saturated heterocycles. The molecule has 0 atom stereocenters. The van der Waals surface area contributed by atoms with Crippen LogP contribution in [0, 0.1) is 0 Å². The Morgan fingerprint density at radius 2 is 1.76 bits per heavy atom. The first kappa shape index (κ1) is 19.2. The van der Waals surface area contributed by atoms with Gasteiger partial charge < -0.3 is 10.1 Å². The summed E-state index contributed by atoms with van der Waals surface area (Å²) in [7, 11) is 0. The third-order valence-corrected chi connectivity index (χ3v) is 5.01. The molecule has 1 N–H and O–H groups in total. The van der Waals surface area contributed by atoms with Crippen LogP contribution in [0.25, 0.3) is 0 Å². The fourth-order valence-electron chi connectivity index (χ4n) is 3.15. The standard InChI is InChI=1S/C24H27N3O2/c1-17(2)20-7-3-18(4-8-20)15-24(28)25-23-13-14-27(26-23)16-19-5-9-21(10-6-19)29-22-11-12-22/h3-10,13-14,17,22H,11-12,15-16H2,1-2H3,(H,25,26,28). The second-order valence-electron chi connectivity index (χ2n) is 7.98. The Balaban J connectivity index is 1.29. The van der Waals surface area contributed by atoms with Gasteiger partial charge in [-0.05, 0) is 47.6 Å². The second kappa shape index (κ2) is 8.52. The molecule has 1 aliphatic rings. The maximum Gasteiger partial charge on any atom is 0.229 e. The molecule has 1 amide bonds. The summed E-state index contributed by atoms with van der Waals surface area (Å²) in [4.78, 5) is 12.3. The summed E-state index contributed by atoms with van der Waals surface area (Å²) in [5, 5.41) is 7.34. The molecule has 0 bridgehead atoms.